The Labute approximate surface area is 147 Å². The molecule has 0 aromatic rings. The third-order valence-electron chi connectivity index (χ3n) is 2.93. The Morgan fingerprint density at radius 3 is 1.65 bits per heavy atom. The quantitative estimate of drug-likeness (QED) is 0.486. The average Bonchev–Trinajstić information content (AvgIpc) is 2.66. The van der Waals surface area contributed by atoms with Crippen LogP contribution in [0, 0.1) is 13.3 Å². The summed E-state index contributed by atoms with van der Waals surface area (Å²) in [5.74, 6) is 0.329. The number of halogens is 1. The van der Waals surface area contributed by atoms with Gasteiger partial charge in [-0.1, -0.05) is 33.8 Å². The van der Waals surface area contributed by atoms with Gasteiger partial charge in [-0.2, -0.15) is 35.2 Å². The van der Waals surface area contributed by atoms with E-state index in [4.69, 9.17) is 0 Å². The van der Waals surface area contributed by atoms with Crippen LogP contribution >= 0.6 is 0 Å². The first-order valence-electron chi connectivity index (χ1n) is 6.59. The average molecular weight is 383 g/mol. The number of hydrogen-bond acceptors (Lipinski definition) is 0. The molecule has 1 saturated carbocycles. The second-order valence-corrected chi connectivity index (χ2v) is 9.82. The molecule has 0 N–H and O–H groups in total. The van der Waals surface area contributed by atoms with Crippen molar-refractivity contribution in [1.29, 1.82) is 0 Å². The van der Waals surface area contributed by atoms with Crippen molar-refractivity contribution in [1.82, 2.24) is 0 Å². The molecule has 2 unspecified atom stereocenters. The van der Waals surface area contributed by atoms with Crippen molar-refractivity contribution in [3.8, 4) is 0 Å². The summed E-state index contributed by atoms with van der Waals surface area (Å²) in [5.41, 5.74) is 0. The summed E-state index contributed by atoms with van der Waals surface area (Å²) >= 11 is 0. The molecule has 0 aromatic carbocycles. The van der Waals surface area contributed by atoms with E-state index in [0.29, 0.717) is 5.92 Å². The van der Waals surface area contributed by atoms with E-state index in [0.717, 1.165) is 25.3 Å². The maximum Gasteiger partial charge on any atom is 4.00 e. The van der Waals surface area contributed by atoms with E-state index >= 15 is 0 Å². The molecule has 20 heavy (non-hydrogen) atoms. The van der Waals surface area contributed by atoms with E-state index in [9.17, 15) is 4.39 Å². The molecular formula is C14H34FN3SiZr. The van der Waals surface area contributed by atoms with Crippen molar-refractivity contribution in [3.63, 3.8) is 0 Å². The Morgan fingerprint density at radius 1 is 1.00 bits per heavy atom. The van der Waals surface area contributed by atoms with Gasteiger partial charge in [0.15, 0.2) is 0 Å². The van der Waals surface area contributed by atoms with Gasteiger partial charge in [0.25, 0.3) is 0 Å². The predicted octanol–water partition coefficient (Wildman–Crippen LogP) is 5.02. The van der Waals surface area contributed by atoms with Gasteiger partial charge in [-0.05, 0) is 18.8 Å². The normalized spacial score (nSPS) is 20.4. The summed E-state index contributed by atoms with van der Waals surface area (Å²) in [5, 5.41) is 7.00. The molecule has 0 heterocycles. The SMILES string of the molecule is C[N-]C.C[N-]C.C[N-][Si](C)(C)CC1CCCC1F.[CH3-].[Zr+4]. The first-order chi connectivity index (χ1) is 8.38. The molecule has 0 spiro atoms. The van der Waals surface area contributed by atoms with E-state index in [1.807, 2.05) is 7.05 Å². The Morgan fingerprint density at radius 2 is 1.40 bits per heavy atom. The molecule has 0 radical (unpaired) electrons. The zero-order valence-corrected chi connectivity index (χ0v) is 18.2. The van der Waals surface area contributed by atoms with Crippen LogP contribution in [0.1, 0.15) is 19.3 Å². The van der Waals surface area contributed by atoms with Crippen LogP contribution in [0.4, 0.5) is 4.39 Å². The number of nitrogens with zero attached hydrogens (tertiary/aromatic N) is 3. The zero-order chi connectivity index (χ0) is 14.6. The Bertz CT molecular complexity index is 184. The molecule has 3 nitrogen and oxygen atoms in total. The maximum absolute atomic E-state index is 13.2. The molecule has 1 rings (SSSR count). The molecule has 0 aromatic heterocycles. The summed E-state index contributed by atoms with van der Waals surface area (Å²) < 4.78 is 13.2. The molecule has 1 aliphatic rings. The van der Waals surface area contributed by atoms with Gasteiger partial charge in [0, 0.05) is 0 Å². The zero-order valence-electron chi connectivity index (χ0n) is 14.7. The Hall–Kier alpha value is 0.910. The van der Waals surface area contributed by atoms with E-state index in [1.54, 1.807) is 28.2 Å². The molecule has 0 amide bonds. The summed E-state index contributed by atoms with van der Waals surface area (Å²) in [6, 6.07) is 1.05. The van der Waals surface area contributed by atoms with Crippen molar-refractivity contribution in [2.75, 3.05) is 35.2 Å². The largest absolute Gasteiger partial charge is 4.00 e. The topological polar surface area (TPSA) is 42.3 Å². The molecule has 6 heteroatoms. The van der Waals surface area contributed by atoms with Crippen molar-refractivity contribution in [2.24, 2.45) is 5.92 Å². The number of rotatable bonds is 3. The molecule has 0 aliphatic heterocycles. The van der Waals surface area contributed by atoms with Crippen molar-refractivity contribution < 1.29 is 30.6 Å². The van der Waals surface area contributed by atoms with E-state index in [1.165, 1.54) is 0 Å². The van der Waals surface area contributed by atoms with Gasteiger partial charge >= 0.3 is 26.2 Å². The molecule has 0 bridgehead atoms. The summed E-state index contributed by atoms with van der Waals surface area (Å²) in [6.45, 7) is 4.44. The number of alkyl halides is 1. The first kappa shape index (κ1) is 29.0. The molecule has 1 aliphatic carbocycles. The van der Waals surface area contributed by atoms with Gasteiger partial charge < -0.3 is 23.0 Å². The van der Waals surface area contributed by atoms with Crippen LogP contribution in [0.3, 0.4) is 0 Å². The second-order valence-electron chi connectivity index (χ2n) is 5.34. The maximum atomic E-state index is 13.2. The fraction of sp³-hybridized carbons (Fsp3) is 0.929. The summed E-state index contributed by atoms with van der Waals surface area (Å²) in [6.07, 6.45) is 2.44. The predicted molar refractivity (Wildman–Crippen MR) is 90.6 cm³/mol. The van der Waals surface area contributed by atoms with Crippen molar-refractivity contribution in [2.45, 2.75) is 44.6 Å². The van der Waals surface area contributed by atoms with Gasteiger partial charge in [-0.15, -0.1) is 0 Å². The Kier molecular flexibility index (Phi) is 26.0. The summed E-state index contributed by atoms with van der Waals surface area (Å²) in [7, 11) is 7.48. The van der Waals surface area contributed by atoms with Crippen LogP contribution < -0.4 is 0 Å². The van der Waals surface area contributed by atoms with Crippen LogP contribution in [0.2, 0.25) is 19.1 Å². The third-order valence-corrected chi connectivity index (χ3v) is 5.67. The van der Waals surface area contributed by atoms with E-state index in [-0.39, 0.29) is 33.6 Å². The van der Waals surface area contributed by atoms with Crippen molar-refractivity contribution >= 4 is 8.24 Å². The van der Waals surface area contributed by atoms with E-state index in [2.05, 4.69) is 28.7 Å². The molecule has 1 fully saturated rings. The third kappa shape index (κ3) is 17.0. The molecule has 0 saturated heterocycles. The van der Waals surface area contributed by atoms with Crippen molar-refractivity contribution in [3.05, 3.63) is 23.0 Å². The van der Waals surface area contributed by atoms with E-state index < -0.39 is 14.4 Å². The first-order valence-corrected chi connectivity index (χ1v) is 9.74. The second kappa shape index (κ2) is 18.0. The molecule has 120 valence electrons. The van der Waals surface area contributed by atoms with Crippen LogP contribution in [-0.4, -0.2) is 49.6 Å². The smallest absolute Gasteiger partial charge is 0.668 e. The van der Waals surface area contributed by atoms with Gasteiger partial charge in [0.05, 0.1) is 0 Å². The number of hydrogen-bond donors (Lipinski definition) is 0. The molecule has 2 atom stereocenters. The van der Waals surface area contributed by atoms with Gasteiger partial charge in [0.2, 0.25) is 0 Å². The fourth-order valence-electron chi connectivity index (χ4n) is 1.95. The standard InChI is InChI=1S/C9H19FNSi.2C2H6N.CH3.Zr/c1-11-12(2,3)7-8-5-4-6-9(8)10;2*1-3-2;;/h8-9H,4-7H2,1-3H3;2*1-2H3;1H3;/q4*-1;+4. The minimum absolute atomic E-state index is 0. The van der Waals surface area contributed by atoms with Crippen LogP contribution in [0.15, 0.2) is 0 Å². The van der Waals surface area contributed by atoms with Crippen LogP contribution in [0.25, 0.3) is 15.6 Å². The van der Waals surface area contributed by atoms with Crippen LogP contribution in [0.5, 0.6) is 0 Å². The van der Waals surface area contributed by atoms with Crippen LogP contribution in [-0.2, 0) is 26.2 Å². The summed E-state index contributed by atoms with van der Waals surface area (Å²) in [4.78, 5) is 4.39. The van der Waals surface area contributed by atoms with Gasteiger partial charge in [-0.3, -0.25) is 0 Å². The molecular weight excluding hydrogens is 348 g/mol. The minimum Gasteiger partial charge on any atom is -0.668 e. The van der Waals surface area contributed by atoms with Gasteiger partial charge in [-0.25, -0.2) is 4.39 Å². The monoisotopic (exact) mass is 381 g/mol. The fourth-order valence-corrected chi connectivity index (χ4v) is 3.88. The minimum atomic E-state index is -1.40. The Balaban J connectivity index is -0.000000139. The van der Waals surface area contributed by atoms with Gasteiger partial charge in [0.1, 0.15) is 6.17 Å².